The van der Waals surface area contributed by atoms with Crippen molar-refractivity contribution in [2.45, 2.75) is 39.2 Å². The molecule has 1 aliphatic carbocycles. The van der Waals surface area contributed by atoms with Gasteiger partial charge in [-0.15, -0.1) is 0 Å². The average molecular weight is 433 g/mol. The first-order valence-corrected chi connectivity index (χ1v) is 10.9. The summed E-state index contributed by atoms with van der Waals surface area (Å²) in [6, 6.07) is 8.59. The van der Waals surface area contributed by atoms with Crippen molar-refractivity contribution in [1.29, 1.82) is 0 Å². The molecule has 0 aliphatic heterocycles. The number of H-pyrrole nitrogens is 2. The third-order valence-electron chi connectivity index (χ3n) is 6.21. The van der Waals surface area contributed by atoms with Gasteiger partial charge in [-0.25, -0.2) is 9.37 Å². The van der Waals surface area contributed by atoms with E-state index in [1.165, 1.54) is 12.1 Å². The molecule has 7 nitrogen and oxygen atoms in total. The molecule has 164 valence electrons. The summed E-state index contributed by atoms with van der Waals surface area (Å²) >= 11 is 0. The molecule has 0 atom stereocenters. The van der Waals surface area contributed by atoms with Gasteiger partial charge in [-0.3, -0.25) is 9.89 Å². The van der Waals surface area contributed by atoms with Gasteiger partial charge in [0, 0.05) is 11.3 Å². The second kappa shape index (κ2) is 8.11. The number of hydrogen-bond acceptors (Lipinski definition) is 4. The van der Waals surface area contributed by atoms with Gasteiger partial charge in [0.1, 0.15) is 5.69 Å². The second-order valence-corrected chi connectivity index (χ2v) is 8.25. The number of phenolic OH excluding ortho intramolecular Hbond substituents is 1. The average Bonchev–Trinajstić information content (AvgIpc) is 3.38. The van der Waals surface area contributed by atoms with E-state index in [2.05, 4.69) is 25.5 Å². The molecule has 0 radical (unpaired) electrons. The Labute approximate surface area is 184 Å². The molecule has 32 heavy (non-hydrogen) atoms. The van der Waals surface area contributed by atoms with Crippen molar-refractivity contribution >= 4 is 16.8 Å². The highest BCUT2D eigenvalue weighted by atomic mass is 19.1. The van der Waals surface area contributed by atoms with Crippen LogP contribution < -0.4 is 5.32 Å². The molecule has 4 N–H and O–H groups in total. The zero-order valence-corrected chi connectivity index (χ0v) is 17.7. The molecule has 2 aromatic carbocycles. The predicted octanol–water partition coefficient (Wildman–Crippen LogP) is 4.44. The highest BCUT2D eigenvalue weighted by molar-refractivity contribution is 5.94. The summed E-state index contributed by atoms with van der Waals surface area (Å²) in [5.41, 5.74) is 4.72. The Morgan fingerprint density at radius 1 is 1.28 bits per heavy atom. The Morgan fingerprint density at radius 3 is 2.88 bits per heavy atom. The molecule has 8 heteroatoms. The number of carbonyl (C=O) groups excluding carboxylic acids is 1. The van der Waals surface area contributed by atoms with Gasteiger partial charge in [-0.1, -0.05) is 19.4 Å². The number of rotatable bonds is 6. The molecule has 0 saturated heterocycles. The number of aryl methyl sites for hydroxylation is 1. The zero-order chi connectivity index (χ0) is 22.2. The smallest absolute Gasteiger partial charge is 0.223 e. The molecule has 5 rings (SSSR count). The van der Waals surface area contributed by atoms with E-state index in [-0.39, 0.29) is 17.6 Å². The van der Waals surface area contributed by atoms with Crippen molar-refractivity contribution in [3.63, 3.8) is 0 Å². The van der Waals surface area contributed by atoms with E-state index in [0.717, 1.165) is 52.5 Å². The van der Waals surface area contributed by atoms with Gasteiger partial charge in [-0.2, -0.15) is 5.10 Å². The topological polar surface area (TPSA) is 107 Å². The monoisotopic (exact) mass is 433 g/mol. The van der Waals surface area contributed by atoms with Gasteiger partial charge in [0.2, 0.25) is 5.91 Å². The Morgan fingerprint density at radius 2 is 2.12 bits per heavy atom. The summed E-state index contributed by atoms with van der Waals surface area (Å²) < 4.78 is 14.0. The normalized spacial score (nSPS) is 13.9. The second-order valence-electron chi connectivity index (χ2n) is 8.25. The van der Waals surface area contributed by atoms with Crippen LogP contribution in [0, 0.1) is 11.7 Å². The number of benzene rings is 2. The molecule has 1 amide bonds. The molecule has 1 saturated carbocycles. The van der Waals surface area contributed by atoms with E-state index in [0.29, 0.717) is 24.5 Å². The highest BCUT2D eigenvalue weighted by Gasteiger charge is 2.25. The maximum atomic E-state index is 14.0. The minimum atomic E-state index is -0.643. The van der Waals surface area contributed by atoms with E-state index in [4.69, 9.17) is 0 Å². The van der Waals surface area contributed by atoms with Gasteiger partial charge in [0.05, 0.1) is 24.0 Å². The molecular formula is C24H24FN5O2. The highest BCUT2D eigenvalue weighted by Crippen LogP contribution is 2.33. The summed E-state index contributed by atoms with van der Waals surface area (Å²) in [4.78, 5) is 19.7. The van der Waals surface area contributed by atoms with Gasteiger partial charge >= 0.3 is 0 Å². The van der Waals surface area contributed by atoms with Crippen molar-refractivity contribution < 1.29 is 14.3 Å². The summed E-state index contributed by atoms with van der Waals surface area (Å²) in [6.07, 6.45) is 5.44. The van der Waals surface area contributed by atoms with Crippen LogP contribution in [0.4, 0.5) is 4.39 Å². The first kappa shape index (κ1) is 20.2. The first-order valence-electron chi connectivity index (χ1n) is 10.9. The number of carbonyl (C=O) groups is 1. The largest absolute Gasteiger partial charge is 0.505 e. The fraction of sp³-hybridized carbons (Fsp3) is 0.292. The quantitative estimate of drug-likeness (QED) is 0.361. The number of aromatic hydroxyl groups is 1. The number of aromatic amines is 2. The maximum absolute atomic E-state index is 14.0. The first-order chi connectivity index (χ1) is 15.5. The molecule has 1 aliphatic rings. The fourth-order valence-electron chi connectivity index (χ4n) is 4.10. The molecule has 0 spiro atoms. The summed E-state index contributed by atoms with van der Waals surface area (Å²) in [5.74, 6) is -0.121. The Hall–Kier alpha value is -3.68. The standard InChI is InChI=1S/C24H24FN5O2/c1-2-13-9-21(31)19(25)10-18(13)15-6-7-17-20(8-15)29-30-22(17)23-26-11-16(28-23)12-27-24(32)14-4-3-5-14/h6-11,14,31H,2-5,12H2,1H3,(H,26,28)(H,27,32)(H,29,30). The molecule has 4 aromatic rings. The van der Waals surface area contributed by atoms with Crippen molar-refractivity contribution in [2.75, 3.05) is 0 Å². The molecule has 0 bridgehead atoms. The third kappa shape index (κ3) is 3.62. The minimum Gasteiger partial charge on any atom is -0.505 e. The lowest BCUT2D eigenvalue weighted by molar-refractivity contribution is -0.127. The molecule has 1 fully saturated rings. The van der Waals surface area contributed by atoms with E-state index in [9.17, 15) is 14.3 Å². The van der Waals surface area contributed by atoms with Crippen molar-refractivity contribution in [3.05, 3.63) is 53.6 Å². The van der Waals surface area contributed by atoms with E-state index >= 15 is 0 Å². The van der Waals surface area contributed by atoms with Crippen LogP contribution >= 0.6 is 0 Å². The zero-order valence-electron chi connectivity index (χ0n) is 17.7. The third-order valence-corrected chi connectivity index (χ3v) is 6.21. The number of aromatic nitrogens is 4. The molecular weight excluding hydrogens is 409 g/mol. The van der Waals surface area contributed by atoms with Crippen LogP contribution in [0.3, 0.4) is 0 Å². The number of amides is 1. The van der Waals surface area contributed by atoms with Crippen LogP contribution in [-0.4, -0.2) is 31.2 Å². The Kier molecular flexibility index (Phi) is 5.13. The minimum absolute atomic E-state index is 0.0993. The van der Waals surface area contributed by atoms with Gasteiger partial charge < -0.3 is 15.4 Å². The summed E-state index contributed by atoms with van der Waals surface area (Å²) in [5, 5.41) is 21.0. The molecule has 2 aromatic heterocycles. The van der Waals surface area contributed by atoms with Gasteiger partial charge in [-0.05, 0) is 60.2 Å². The Bertz CT molecular complexity index is 1310. The van der Waals surface area contributed by atoms with Gasteiger partial charge in [0.15, 0.2) is 17.4 Å². The number of fused-ring (bicyclic) bond motifs is 1. The maximum Gasteiger partial charge on any atom is 0.223 e. The van der Waals surface area contributed by atoms with Crippen LogP contribution in [0.5, 0.6) is 5.75 Å². The molecule has 0 unspecified atom stereocenters. The summed E-state index contributed by atoms with van der Waals surface area (Å²) in [7, 11) is 0. The number of nitrogens with one attached hydrogen (secondary N) is 3. The van der Waals surface area contributed by atoms with E-state index in [1.807, 2.05) is 25.1 Å². The fourth-order valence-corrected chi connectivity index (χ4v) is 4.10. The predicted molar refractivity (Wildman–Crippen MR) is 119 cm³/mol. The van der Waals surface area contributed by atoms with Crippen LogP contribution in [0.15, 0.2) is 36.5 Å². The van der Waals surface area contributed by atoms with Crippen molar-refractivity contribution in [3.8, 4) is 28.4 Å². The number of nitrogens with zero attached hydrogens (tertiary/aromatic N) is 2. The van der Waals surface area contributed by atoms with E-state index < -0.39 is 5.82 Å². The van der Waals surface area contributed by atoms with Crippen LogP contribution in [0.25, 0.3) is 33.5 Å². The van der Waals surface area contributed by atoms with Gasteiger partial charge in [0.25, 0.3) is 0 Å². The molecule has 2 heterocycles. The summed E-state index contributed by atoms with van der Waals surface area (Å²) in [6.45, 7) is 2.37. The van der Waals surface area contributed by atoms with Crippen LogP contribution in [-0.2, 0) is 17.8 Å². The lowest BCUT2D eigenvalue weighted by Crippen LogP contribution is -2.34. The number of hydrogen-bond donors (Lipinski definition) is 4. The van der Waals surface area contributed by atoms with Crippen molar-refractivity contribution in [1.82, 2.24) is 25.5 Å². The van der Waals surface area contributed by atoms with Crippen molar-refractivity contribution in [2.24, 2.45) is 5.92 Å². The SMILES string of the molecule is CCc1cc(O)c(F)cc1-c1ccc2c(-c3ncc(CNC(=O)C4CCC4)[nH]3)n[nH]c2c1. The van der Waals surface area contributed by atoms with Crippen LogP contribution in [0.2, 0.25) is 0 Å². The van der Waals surface area contributed by atoms with E-state index in [1.54, 1.807) is 6.20 Å². The number of halogens is 1. The number of imidazole rings is 1. The lowest BCUT2D eigenvalue weighted by Gasteiger charge is -2.23. The number of phenols is 1. The lowest BCUT2D eigenvalue weighted by atomic mass is 9.85. The Balaban J connectivity index is 1.40. The van der Waals surface area contributed by atoms with Crippen LogP contribution in [0.1, 0.15) is 37.4 Å².